The second-order valence-electron chi connectivity index (χ2n) is 6.77. The fraction of sp³-hybridized carbons (Fsp3) is 0.421. The lowest BCUT2D eigenvalue weighted by atomic mass is 9.94. The number of benzene rings is 1. The number of carbonyl (C=O) groups is 2. The fourth-order valence-electron chi connectivity index (χ4n) is 3.91. The lowest BCUT2D eigenvalue weighted by molar-refractivity contribution is -0.124. The molecule has 1 unspecified atom stereocenters. The quantitative estimate of drug-likeness (QED) is 0.905. The van der Waals surface area contributed by atoms with E-state index < -0.39 is 0 Å². The van der Waals surface area contributed by atoms with E-state index in [1.54, 1.807) is 4.90 Å². The number of nitrogens with one attached hydrogen (secondary N) is 1. The van der Waals surface area contributed by atoms with Crippen LogP contribution in [0.3, 0.4) is 0 Å². The van der Waals surface area contributed by atoms with Gasteiger partial charge >= 0.3 is 0 Å². The molecule has 130 valence electrons. The van der Waals surface area contributed by atoms with Gasteiger partial charge < -0.3 is 10.2 Å². The van der Waals surface area contributed by atoms with Gasteiger partial charge in [0.1, 0.15) is 6.54 Å². The second-order valence-corrected chi connectivity index (χ2v) is 6.77. The zero-order valence-electron chi connectivity index (χ0n) is 14.4. The van der Waals surface area contributed by atoms with Crippen molar-refractivity contribution in [2.24, 2.45) is 7.05 Å². The maximum absolute atomic E-state index is 13.3. The fourth-order valence-corrected chi connectivity index (χ4v) is 3.91. The van der Waals surface area contributed by atoms with Crippen LogP contribution in [0.5, 0.6) is 0 Å². The minimum Gasteiger partial charge on any atom is -0.352 e. The van der Waals surface area contributed by atoms with Crippen LogP contribution >= 0.6 is 0 Å². The number of fused-ring (bicyclic) bond motifs is 1. The maximum Gasteiger partial charge on any atom is 0.275 e. The van der Waals surface area contributed by atoms with Crippen LogP contribution in [0.15, 0.2) is 30.3 Å². The van der Waals surface area contributed by atoms with E-state index in [0.717, 1.165) is 42.5 Å². The molecule has 0 spiro atoms. The van der Waals surface area contributed by atoms with Crippen molar-refractivity contribution >= 4 is 11.8 Å². The first kappa shape index (κ1) is 15.9. The predicted octanol–water partition coefficient (Wildman–Crippen LogP) is 1.61. The van der Waals surface area contributed by atoms with Crippen LogP contribution in [0.4, 0.5) is 0 Å². The normalized spacial score (nSPS) is 20.1. The molecule has 1 aliphatic heterocycles. The average molecular weight is 338 g/mol. The second kappa shape index (κ2) is 6.35. The molecule has 4 rings (SSSR count). The Labute approximate surface area is 146 Å². The van der Waals surface area contributed by atoms with Crippen molar-refractivity contribution < 1.29 is 9.59 Å². The number of carbonyl (C=O) groups excluding carboxylic acids is 2. The van der Waals surface area contributed by atoms with Crippen molar-refractivity contribution in [3.05, 3.63) is 52.8 Å². The van der Waals surface area contributed by atoms with E-state index in [2.05, 4.69) is 10.4 Å². The minimum absolute atomic E-state index is 0.0732. The van der Waals surface area contributed by atoms with Crippen LogP contribution in [-0.2, 0) is 24.7 Å². The molecule has 0 bridgehead atoms. The van der Waals surface area contributed by atoms with Gasteiger partial charge in [0.2, 0.25) is 5.91 Å². The molecular weight excluding hydrogens is 316 g/mol. The van der Waals surface area contributed by atoms with Crippen molar-refractivity contribution in [3.63, 3.8) is 0 Å². The topological polar surface area (TPSA) is 67.2 Å². The highest BCUT2D eigenvalue weighted by Crippen LogP contribution is 2.28. The number of hydrogen-bond donors (Lipinski definition) is 1. The number of nitrogens with zero attached hydrogens (tertiary/aromatic N) is 3. The van der Waals surface area contributed by atoms with Gasteiger partial charge in [-0.15, -0.1) is 0 Å². The Balaban J connectivity index is 1.70. The van der Waals surface area contributed by atoms with Gasteiger partial charge in [-0.25, -0.2) is 0 Å². The third kappa shape index (κ3) is 2.81. The van der Waals surface area contributed by atoms with E-state index >= 15 is 0 Å². The third-order valence-electron chi connectivity index (χ3n) is 5.20. The first-order chi connectivity index (χ1) is 12.1. The van der Waals surface area contributed by atoms with E-state index in [1.807, 2.05) is 42.1 Å². The van der Waals surface area contributed by atoms with Crippen LogP contribution in [0.25, 0.3) is 0 Å². The molecular formula is C19H22N4O2. The maximum atomic E-state index is 13.3. The molecule has 1 saturated heterocycles. The molecule has 25 heavy (non-hydrogen) atoms. The Morgan fingerprint density at radius 3 is 2.76 bits per heavy atom. The third-order valence-corrected chi connectivity index (χ3v) is 5.20. The molecule has 1 N–H and O–H groups in total. The van der Waals surface area contributed by atoms with Gasteiger partial charge in [-0.2, -0.15) is 5.10 Å². The summed E-state index contributed by atoms with van der Waals surface area (Å²) in [6.07, 6.45) is 4.08. The Morgan fingerprint density at radius 1 is 1.20 bits per heavy atom. The summed E-state index contributed by atoms with van der Waals surface area (Å²) in [5.41, 5.74) is 3.78. The van der Waals surface area contributed by atoms with E-state index in [1.165, 1.54) is 0 Å². The largest absolute Gasteiger partial charge is 0.352 e. The number of aromatic nitrogens is 2. The zero-order valence-corrected chi connectivity index (χ0v) is 14.4. The van der Waals surface area contributed by atoms with Gasteiger partial charge in [0.15, 0.2) is 5.69 Å². The molecule has 0 saturated carbocycles. The highest BCUT2D eigenvalue weighted by molar-refractivity contribution is 5.97. The van der Waals surface area contributed by atoms with Gasteiger partial charge in [-0.1, -0.05) is 30.3 Å². The molecule has 0 radical (unpaired) electrons. The summed E-state index contributed by atoms with van der Waals surface area (Å²) < 4.78 is 1.84. The monoisotopic (exact) mass is 338 g/mol. The van der Waals surface area contributed by atoms with E-state index in [4.69, 9.17) is 0 Å². The molecule has 2 heterocycles. The summed E-state index contributed by atoms with van der Waals surface area (Å²) in [4.78, 5) is 26.9. The van der Waals surface area contributed by atoms with Crippen LogP contribution in [0.2, 0.25) is 0 Å². The SMILES string of the molecule is Cn1nc(C(=O)N2CC(=O)NCC2c2ccccc2)c2c1CCCC2. The standard InChI is InChI=1S/C19H22N4O2/c1-22-15-10-6-5-9-14(15)18(21-22)19(25)23-12-17(24)20-11-16(23)13-7-3-2-4-8-13/h2-4,7-8,16H,5-6,9-12H2,1H3,(H,20,24). The zero-order chi connectivity index (χ0) is 17.4. The lowest BCUT2D eigenvalue weighted by Crippen LogP contribution is -2.52. The summed E-state index contributed by atoms with van der Waals surface area (Å²) in [6, 6.07) is 9.69. The number of piperazine rings is 1. The van der Waals surface area contributed by atoms with Gasteiger partial charge in [-0.05, 0) is 31.2 Å². The van der Waals surface area contributed by atoms with Crippen molar-refractivity contribution in [1.29, 1.82) is 0 Å². The Hall–Kier alpha value is -2.63. The van der Waals surface area contributed by atoms with Gasteiger partial charge in [0.25, 0.3) is 5.91 Å². The Bertz CT molecular complexity index is 812. The molecule has 1 aliphatic carbocycles. The van der Waals surface area contributed by atoms with E-state index in [-0.39, 0.29) is 24.4 Å². The molecule has 1 fully saturated rings. The average Bonchev–Trinajstić information content (AvgIpc) is 2.99. The Morgan fingerprint density at radius 2 is 1.96 bits per heavy atom. The molecule has 2 aliphatic rings. The molecule has 6 heteroatoms. The van der Waals surface area contributed by atoms with Gasteiger partial charge in [0, 0.05) is 24.8 Å². The molecule has 1 aromatic heterocycles. The van der Waals surface area contributed by atoms with E-state index in [0.29, 0.717) is 12.2 Å². The number of amides is 2. The first-order valence-electron chi connectivity index (χ1n) is 8.82. The number of rotatable bonds is 2. The van der Waals surface area contributed by atoms with Crippen LogP contribution in [0.1, 0.15) is 46.2 Å². The van der Waals surface area contributed by atoms with Crippen LogP contribution in [-0.4, -0.2) is 39.6 Å². The lowest BCUT2D eigenvalue weighted by Gasteiger charge is -2.35. The first-order valence-corrected chi connectivity index (χ1v) is 8.82. The summed E-state index contributed by atoms with van der Waals surface area (Å²) in [7, 11) is 1.90. The Kier molecular flexibility index (Phi) is 4.03. The summed E-state index contributed by atoms with van der Waals surface area (Å²) in [6.45, 7) is 0.507. The van der Waals surface area contributed by atoms with Crippen LogP contribution in [0, 0.1) is 0 Å². The van der Waals surface area contributed by atoms with Gasteiger partial charge in [0.05, 0.1) is 6.04 Å². The number of hydrogen-bond acceptors (Lipinski definition) is 3. The minimum atomic E-state index is -0.160. The van der Waals surface area contributed by atoms with Crippen molar-refractivity contribution in [2.75, 3.05) is 13.1 Å². The number of aryl methyl sites for hydroxylation is 1. The molecule has 1 atom stereocenters. The van der Waals surface area contributed by atoms with E-state index in [9.17, 15) is 9.59 Å². The highest BCUT2D eigenvalue weighted by atomic mass is 16.2. The molecule has 2 aromatic rings. The molecule has 2 amide bonds. The highest BCUT2D eigenvalue weighted by Gasteiger charge is 2.35. The molecule has 1 aromatic carbocycles. The summed E-state index contributed by atoms with van der Waals surface area (Å²) in [5.74, 6) is -0.257. The smallest absolute Gasteiger partial charge is 0.275 e. The summed E-state index contributed by atoms with van der Waals surface area (Å²) >= 11 is 0. The van der Waals surface area contributed by atoms with Crippen molar-refractivity contribution in [2.45, 2.75) is 31.7 Å². The predicted molar refractivity (Wildman–Crippen MR) is 93.1 cm³/mol. The van der Waals surface area contributed by atoms with Crippen molar-refractivity contribution in [1.82, 2.24) is 20.0 Å². The van der Waals surface area contributed by atoms with Crippen LogP contribution < -0.4 is 5.32 Å². The summed E-state index contributed by atoms with van der Waals surface area (Å²) in [5, 5.41) is 7.39. The van der Waals surface area contributed by atoms with Gasteiger partial charge in [-0.3, -0.25) is 14.3 Å². The van der Waals surface area contributed by atoms with Crippen molar-refractivity contribution in [3.8, 4) is 0 Å². The molecule has 6 nitrogen and oxygen atoms in total.